The number of thiazole rings is 1. The predicted molar refractivity (Wildman–Crippen MR) is 150 cm³/mol. The van der Waals surface area contributed by atoms with Crippen LogP contribution >= 0.6 is 11.3 Å². The second-order valence-electron chi connectivity index (χ2n) is 11.7. The van der Waals surface area contributed by atoms with Gasteiger partial charge in [0, 0.05) is 49.2 Å². The number of aromatic nitrogens is 1. The summed E-state index contributed by atoms with van der Waals surface area (Å²) in [6.45, 7) is 11.8. The zero-order valence-corrected chi connectivity index (χ0v) is 23.8. The van der Waals surface area contributed by atoms with Crippen molar-refractivity contribution in [2.45, 2.75) is 38.0 Å². The fraction of sp³-hybridized carbons (Fsp3) is 0.517. The van der Waals surface area contributed by atoms with Crippen LogP contribution in [0.4, 0.5) is 9.52 Å². The van der Waals surface area contributed by atoms with Gasteiger partial charge in [-0.15, -0.1) is 11.3 Å². The van der Waals surface area contributed by atoms with Crippen LogP contribution in [0.1, 0.15) is 30.6 Å². The number of benzene rings is 1. The molecule has 11 heteroatoms. The smallest absolute Gasteiger partial charge is 0.252 e. The Morgan fingerprint density at radius 2 is 2.00 bits per heavy atom. The van der Waals surface area contributed by atoms with Crippen LogP contribution in [0.25, 0.3) is 11.3 Å². The van der Waals surface area contributed by atoms with Crippen LogP contribution in [0.2, 0.25) is 0 Å². The first-order chi connectivity index (χ1) is 19.1. The van der Waals surface area contributed by atoms with Gasteiger partial charge in [0.1, 0.15) is 30.1 Å². The highest BCUT2D eigenvalue weighted by Gasteiger charge is 2.65. The van der Waals surface area contributed by atoms with E-state index in [-0.39, 0.29) is 42.2 Å². The van der Waals surface area contributed by atoms with Crippen molar-refractivity contribution in [3.63, 3.8) is 0 Å². The average Bonchev–Trinajstić information content (AvgIpc) is 3.20. The number of hydrogen-bond acceptors (Lipinski definition) is 8. The summed E-state index contributed by atoms with van der Waals surface area (Å²) >= 11 is 1.48. The van der Waals surface area contributed by atoms with Crippen molar-refractivity contribution < 1.29 is 23.5 Å². The number of ether oxygens (including phenoxy) is 1. The van der Waals surface area contributed by atoms with Crippen molar-refractivity contribution in [3.05, 3.63) is 47.1 Å². The highest BCUT2D eigenvalue weighted by molar-refractivity contribution is 7.14. The van der Waals surface area contributed by atoms with Gasteiger partial charge >= 0.3 is 0 Å². The molecule has 1 aromatic heterocycles. The van der Waals surface area contributed by atoms with Gasteiger partial charge in [-0.05, 0) is 49.1 Å². The number of halogens is 1. The van der Waals surface area contributed by atoms with Crippen molar-refractivity contribution in [2.75, 3.05) is 51.3 Å². The molecular weight excluding hydrogens is 533 g/mol. The third-order valence-corrected chi connectivity index (χ3v) is 9.61. The van der Waals surface area contributed by atoms with Crippen molar-refractivity contribution >= 4 is 34.1 Å². The van der Waals surface area contributed by atoms with Crippen LogP contribution in [0.3, 0.4) is 0 Å². The number of nitrogens with zero attached hydrogens (tertiary/aromatic N) is 4. The third-order valence-electron chi connectivity index (χ3n) is 8.71. The normalized spacial score (nSPS) is 28.4. The van der Waals surface area contributed by atoms with Gasteiger partial charge in [-0.25, -0.2) is 9.37 Å². The molecule has 1 aliphatic carbocycles. The van der Waals surface area contributed by atoms with Crippen molar-refractivity contribution in [3.8, 4) is 11.3 Å². The van der Waals surface area contributed by atoms with Crippen molar-refractivity contribution in [1.82, 2.24) is 20.1 Å². The summed E-state index contributed by atoms with van der Waals surface area (Å²) < 4.78 is 20.9. The average molecular weight is 568 g/mol. The number of carbonyl (C=O) groups excluding carboxylic acids is 3. The molecule has 9 nitrogen and oxygen atoms in total. The van der Waals surface area contributed by atoms with Gasteiger partial charge in [-0.3, -0.25) is 14.4 Å². The zero-order chi connectivity index (χ0) is 28.3. The van der Waals surface area contributed by atoms with E-state index in [0.717, 1.165) is 31.3 Å². The molecule has 4 fully saturated rings. The Bertz CT molecular complexity index is 1380. The van der Waals surface area contributed by atoms with Gasteiger partial charge in [-0.1, -0.05) is 20.4 Å². The Kier molecular flexibility index (Phi) is 6.79. The first-order valence-electron chi connectivity index (χ1n) is 13.7. The van der Waals surface area contributed by atoms with E-state index in [1.807, 2.05) is 19.2 Å². The highest BCUT2D eigenvalue weighted by Crippen LogP contribution is 2.51. The molecule has 212 valence electrons. The van der Waals surface area contributed by atoms with Crippen molar-refractivity contribution in [1.29, 1.82) is 0 Å². The highest BCUT2D eigenvalue weighted by atomic mass is 32.1. The lowest BCUT2D eigenvalue weighted by molar-refractivity contribution is -0.139. The van der Waals surface area contributed by atoms with Crippen LogP contribution in [-0.4, -0.2) is 96.4 Å². The molecule has 1 N–H and O–H groups in total. The first kappa shape index (κ1) is 27.0. The van der Waals surface area contributed by atoms with Crippen LogP contribution < -0.4 is 10.2 Å². The SMILES string of the molecule is C=C1CN(C(=O)C2(NC(=O)c3ccc(-c4csc(N5CCN(C)CC5)n4)c(F)c3)CC2C(C)C)[C@@H]2C(=O)CO[C@H]12. The van der Waals surface area contributed by atoms with Gasteiger partial charge < -0.3 is 24.8 Å². The molecule has 4 aliphatic rings. The van der Waals surface area contributed by atoms with Gasteiger partial charge in [0.15, 0.2) is 10.9 Å². The quantitative estimate of drug-likeness (QED) is 0.537. The standard InChI is InChI=1S/C29H34FN5O4S/c1-16(2)20-12-29(20,27(38)35-13-17(3)25-24(35)23(36)14-39-25)32-26(37)18-5-6-19(21(30)11-18)22-15-40-28(31-22)34-9-7-33(4)8-10-34/h5-6,11,15-16,20,24-25H,3,7-10,12-14H2,1-2,4H3,(H,32,37)/t20?,24-,25-,29?/m1/s1. The summed E-state index contributed by atoms with van der Waals surface area (Å²) in [4.78, 5) is 50.4. The molecule has 3 saturated heterocycles. The number of hydrogen-bond donors (Lipinski definition) is 1. The van der Waals surface area contributed by atoms with Gasteiger partial charge in [-0.2, -0.15) is 0 Å². The molecule has 1 aromatic carbocycles. The minimum atomic E-state index is -1.15. The van der Waals surface area contributed by atoms with Crippen LogP contribution in [-0.2, 0) is 14.3 Å². The number of piperazine rings is 1. The number of anilines is 1. The van der Waals surface area contributed by atoms with E-state index in [2.05, 4.69) is 33.7 Å². The third kappa shape index (κ3) is 4.53. The number of carbonyl (C=O) groups is 3. The molecule has 4 heterocycles. The zero-order valence-electron chi connectivity index (χ0n) is 23.0. The largest absolute Gasteiger partial charge is 0.363 e. The number of nitrogens with one attached hydrogen (secondary N) is 1. The molecule has 2 unspecified atom stereocenters. The molecule has 1 saturated carbocycles. The number of likely N-dealkylation sites (tertiary alicyclic amines) is 1. The molecule has 0 bridgehead atoms. The second kappa shape index (κ2) is 10.0. The predicted octanol–water partition coefficient (Wildman–Crippen LogP) is 2.58. The summed E-state index contributed by atoms with van der Waals surface area (Å²) in [6, 6.07) is 3.63. The Morgan fingerprint density at radius 1 is 1.25 bits per heavy atom. The fourth-order valence-corrected chi connectivity index (χ4v) is 7.14. The van der Waals surface area contributed by atoms with Gasteiger partial charge in [0.05, 0.1) is 5.69 Å². The monoisotopic (exact) mass is 567 g/mol. The lowest BCUT2D eigenvalue weighted by Gasteiger charge is -2.32. The van der Waals surface area contributed by atoms with Gasteiger partial charge in [0.2, 0.25) is 5.91 Å². The maximum absolute atomic E-state index is 15.3. The van der Waals surface area contributed by atoms with E-state index < -0.39 is 29.4 Å². The molecule has 2 aromatic rings. The maximum atomic E-state index is 15.3. The summed E-state index contributed by atoms with van der Waals surface area (Å²) in [5, 5.41) is 5.63. The topological polar surface area (TPSA) is 95.1 Å². The first-order valence-corrected chi connectivity index (χ1v) is 14.6. The Hall–Kier alpha value is -3.15. The summed E-state index contributed by atoms with van der Waals surface area (Å²) in [7, 11) is 2.09. The number of rotatable bonds is 6. The summed E-state index contributed by atoms with van der Waals surface area (Å²) in [5.74, 6) is -1.51. The number of ketones is 1. The second-order valence-corrected chi connectivity index (χ2v) is 12.6. The van der Waals surface area contributed by atoms with Crippen LogP contribution in [0.15, 0.2) is 35.7 Å². The molecule has 4 atom stereocenters. The summed E-state index contributed by atoms with van der Waals surface area (Å²) in [5.41, 5.74) is 0.519. The van der Waals surface area contributed by atoms with Crippen molar-refractivity contribution in [2.24, 2.45) is 11.8 Å². The van der Waals surface area contributed by atoms with E-state index >= 15 is 4.39 Å². The van der Waals surface area contributed by atoms with Gasteiger partial charge in [0.25, 0.3) is 5.91 Å². The molecule has 3 aliphatic heterocycles. The maximum Gasteiger partial charge on any atom is 0.252 e. The number of likely N-dealkylation sites (N-methyl/N-ethyl adjacent to an activating group) is 1. The Balaban J connectivity index is 1.20. The minimum Gasteiger partial charge on any atom is -0.363 e. The number of amides is 2. The molecule has 40 heavy (non-hydrogen) atoms. The van der Waals surface area contributed by atoms with E-state index in [0.29, 0.717) is 23.3 Å². The Labute approximate surface area is 237 Å². The van der Waals surface area contributed by atoms with E-state index in [1.165, 1.54) is 22.3 Å². The molecular formula is C29H34FN5O4S. The van der Waals surface area contributed by atoms with E-state index in [4.69, 9.17) is 4.74 Å². The lowest BCUT2D eigenvalue weighted by Crippen LogP contribution is -2.55. The number of Topliss-reactive ketones (excluding diaryl/α,β-unsaturated/α-hetero) is 1. The van der Waals surface area contributed by atoms with Crippen LogP contribution in [0, 0.1) is 17.7 Å². The molecule has 2 amide bonds. The van der Waals surface area contributed by atoms with Crippen LogP contribution in [0.5, 0.6) is 0 Å². The molecule has 6 rings (SSSR count). The van der Waals surface area contributed by atoms with E-state index in [1.54, 1.807) is 12.1 Å². The minimum absolute atomic E-state index is 0.0490. The lowest BCUT2D eigenvalue weighted by atomic mass is 10.0. The molecule has 0 spiro atoms. The Morgan fingerprint density at radius 3 is 2.67 bits per heavy atom. The molecule has 0 radical (unpaired) electrons. The summed E-state index contributed by atoms with van der Waals surface area (Å²) in [6.07, 6.45) is -0.0383. The fourth-order valence-electron chi connectivity index (χ4n) is 6.26. The van der Waals surface area contributed by atoms with E-state index in [9.17, 15) is 14.4 Å². The number of fused-ring (bicyclic) bond motifs is 1.